The molecule has 0 fully saturated rings. The summed E-state index contributed by atoms with van der Waals surface area (Å²) >= 11 is 0. The van der Waals surface area contributed by atoms with Crippen LogP contribution in [0.25, 0.3) is 0 Å². The van der Waals surface area contributed by atoms with Crippen LogP contribution in [0.2, 0.25) is 6.04 Å². The minimum absolute atomic E-state index is 0.485. The van der Waals surface area contributed by atoms with E-state index in [1.807, 2.05) is 0 Å². The summed E-state index contributed by atoms with van der Waals surface area (Å²) in [6.07, 6.45) is -0.316. The quantitative estimate of drug-likeness (QED) is 0.310. The Hall–Kier alpha value is -1.22. The molecule has 0 aliphatic carbocycles. The van der Waals surface area contributed by atoms with Crippen LogP contribution in [0.3, 0.4) is 0 Å². The first-order chi connectivity index (χ1) is 8.95. The largest absolute Gasteiger partial charge is 0.479 e. The molecule has 3 atom stereocenters. The van der Waals surface area contributed by atoms with Crippen LogP contribution in [0.5, 0.6) is 0 Å². The SMILES string of the molecule is C=CC(C)OC(C)(O)C(=O)O.CC(O)C(=O)O.CC[SiH3]. The maximum Gasteiger partial charge on any atom is 0.363 e. The Labute approximate surface area is 122 Å². The molecule has 0 aromatic rings. The van der Waals surface area contributed by atoms with Gasteiger partial charge in [0.25, 0.3) is 5.79 Å². The standard InChI is InChI=1S/C7H12O4.C3H6O3.C2H8Si/c1-4-5(2)11-7(3,10)6(8)9;1-2(4)3(5)6;1-2-3/h4-5,10H,1H2,2-3H3,(H,8,9);2,4H,1H3,(H,5,6);2H2,1,3H3. The van der Waals surface area contributed by atoms with Gasteiger partial charge in [-0.15, -0.1) is 6.58 Å². The van der Waals surface area contributed by atoms with Crippen LogP contribution >= 0.6 is 0 Å². The number of hydrogen-bond acceptors (Lipinski definition) is 5. The average Bonchev–Trinajstić information content (AvgIpc) is 2.29. The van der Waals surface area contributed by atoms with Gasteiger partial charge in [-0.2, -0.15) is 0 Å². The van der Waals surface area contributed by atoms with Crippen molar-refractivity contribution in [2.45, 2.75) is 51.7 Å². The van der Waals surface area contributed by atoms with Crippen LogP contribution in [0.15, 0.2) is 12.7 Å². The van der Waals surface area contributed by atoms with Gasteiger partial charge in [0.1, 0.15) is 6.10 Å². The zero-order chi connectivity index (χ0) is 16.9. The number of aliphatic carboxylic acids is 2. The summed E-state index contributed by atoms with van der Waals surface area (Å²) in [5.74, 6) is -4.73. The second kappa shape index (κ2) is 12.8. The summed E-state index contributed by atoms with van der Waals surface area (Å²) in [6, 6.07) is 1.39. The van der Waals surface area contributed by atoms with Crippen molar-refractivity contribution in [3.05, 3.63) is 12.7 Å². The lowest BCUT2D eigenvalue weighted by atomic mass is 10.3. The maximum atomic E-state index is 10.3. The highest BCUT2D eigenvalue weighted by molar-refractivity contribution is 6.08. The van der Waals surface area contributed by atoms with Crippen LogP contribution in [0.1, 0.15) is 27.7 Å². The Balaban J connectivity index is -0.000000270. The Morgan fingerprint density at radius 2 is 1.70 bits per heavy atom. The predicted molar refractivity (Wildman–Crippen MR) is 78.7 cm³/mol. The van der Waals surface area contributed by atoms with Crippen molar-refractivity contribution in [3.8, 4) is 0 Å². The van der Waals surface area contributed by atoms with E-state index in [9.17, 15) is 9.59 Å². The van der Waals surface area contributed by atoms with Crippen LogP contribution in [0, 0.1) is 0 Å². The van der Waals surface area contributed by atoms with Crippen LogP contribution in [-0.2, 0) is 14.3 Å². The third kappa shape index (κ3) is 16.8. The van der Waals surface area contributed by atoms with Gasteiger partial charge in [0.05, 0.1) is 6.10 Å². The molecular formula is C12H26O7Si. The molecule has 0 saturated heterocycles. The highest BCUT2D eigenvalue weighted by Crippen LogP contribution is 2.09. The van der Waals surface area contributed by atoms with Gasteiger partial charge in [-0.3, -0.25) is 0 Å². The lowest BCUT2D eigenvalue weighted by Gasteiger charge is -2.21. The first-order valence-electron chi connectivity index (χ1n) is 6.13. The number of hydrogen-bond donors (Lipinski definition) is 4. The molecular weight excluding hydrogens is 284 g/mol. The smallest absolute Gasteiger partial charge is 0.363 e. The molecule has 0 saturated carbocycles. The van der Waals surface area contributed by atoms with Crippen molar-refractivity contribution < 1.29 is 34.8 Å². The van der Waals surface area contributed by atoms with Gasteiger partial charge >= 0.3 is 11.9 Å². The second-order valence-corrected chi connectivity index (χ2v) is 5.48. The summed E-state index contributed by atoms with van der Waals surface area (Å²) < 4.78 is 4.69. The zero-order valence-corrected chi connectivity index (χ0v) is 14.7. The lowest BCUT2D eigenvalue weighted by molar-refractivity contribution is -0.223. The van der Waals surface area contributed by atoms with E-state index in [0.29, 0.717) is 0 Å². The molecule has 0 radical (unpaired) electrons. The van der Waals surface area contributed by atoms with Crippen molar-refractivity contribution >= 4 is 22.2 Å². The van der Waals surface area contributed by atoms with E-state index in [-0.39, 0.29) is 0 Å². The number of ether oxygens (including phenoxy) is 1. The summed E-state index contributed by atoms with van der Waals surface area (Å²) in [7, 11) is 1.37. The summed E-state index contributed by atoms with van der Waals surface area (Å²) in [6.45, 7) is 9.41. The van der Waals surface area contributed by atoms with Gasteiger partial charge in [0.2, 0.25) is 0 Å². The van der Waals surface area contributed by atoms with E-state index in [0.717, 1.165) is 6.92 Å². The molecule has 8 heteroatoms. The minimum atomic E-state index is -2.13. The third-order valence-electron chi connectivity index (χ3n) is 1.50. The van der Waals surface area contributed by atoms with Gasteiger partial charge in [-0.25, -0.2) is 9.59 Å². The molecule has 0 spiro atoms. The Kier molecular flexibility index (Phi) is 15.2. The molecule has 0 rings (SSSR count). The monoisotopic (exact) mass is 310 g/mol. The van der Waals surface area contributed by atoms with Crippen molar-refractivity contribution in [2.75, 3.05) is 0 Å². The second-order valence-electron chi connectivity index (χ2n) is 4.07. The Morgan fingerprint density at radius 3 is 1.85 bits per heavy atom. The van der Waals surface area contributed by atoms with Crippen LogP contribution < -0.4 is 0 Å². The Bertz CT molecular complexity index is 290. The molecule has 0 heterocycles. The van der Waals surface area contributed by atoms with E-state index in [1.54, 1.807) is 6.92 Å². The van der Waals surface area contributed by atoms with Crippen molar-refractivity contribution in [3.63, 3.8) is 0 Å². The number of rotatable bonds is 5. The van der Waals surface area contributed by atoms with Gasteiger partial charge in [0, 0.05) is 17.2 Å². The number of aliphatic hydroxyl groups excluding tert-OH is 1. The van der Waals surface area contributed by atoms with E-state index in [4.69, 9.17) is 20.4 Å². The number of aliphatic hydroxyl groups is 2. The molecule has 0 aliphatic heterocycles. The number of carboxylic acids is 2. The highest BCUT2D eigenvalue weighted by atomic mass is 28.1. The minimum Gasteiger partial charge on any atom is -0.479 e. The van der Waals surface area contributed by atoms with Crippen LogP contribution in [0.4, 0.5) is 0 Å². The first kappa shape index (κ1) is 23.8. The van der Waals surface area contributed by atoms with Gasteiger partial charge in [-0.1, -0.05) is 19.0 Å². The number of carbonyl (C=O) groups is 2. The summed E-state index contributed by atoms with van der Waals surface area (Å²) in [5, 5.41) is 33.2. The van der Waals surface area contributed by atoms with E-state index in [2.05, 4.69) is 18.2 Å². The maximum absolute atomic E-state index is 10.3. The molecule has 20 heavy (non-hydrogen) atoms. The summed E-state index contributed by atoms with van der Waals surface area (Å²) in [4.78, 5) is 19.7. The fourth-order valence-electron chi connectivity index (χ4n) is 0.460. The first-order valence-corrected chi connectivity index (χ1v) is 7.54. The van der Waals surface area contributed by atoms with E-state index in [1.165, 1.54) is 29.3 Å². The molecule has 0 aliphatic rings. The summed E-state index contributed by atoms with van der Waals surface area (Å²) in [5.41, 5.74) is 0. The fourth-order valence-corrected chi connectivity index (χ4v) is 0.460. The predicted octanol–water partition coefficient (Wildman–Crippen LogP) is -0.388. The van der Waals surface area contributed by atoms with E-state index < -0.39 is 29.9 Å². The highest BCUT2D eigenvalue weighted by Gasteiger charge is 2.32. The molecule has 0 aromatic heterocycles. The molecule has 4 N–H and O–H groups in total. The number of carboxylic acid groups (broad SMARTS) is 2. The van der Waals surface area contributed by atoms with Gasteiger partial charge in [0.15, 0.2) is 0 Å². The molecule has 0 amide bonds. The molecule has 3 unspecified atom stereocenters. The average molecular weight is 310 g/mol. The van der Waals surface area contributed by atoms with Crippen molar-refractivity contribution in [2.24, 2.45) is 0 Å². The zero-order valence-electron chi connectivity index (χ0n) is 12.7. The third-order valence-corrected chi connectivity index (χ3v) is 1.50. The molecule has 7 nitrogen and oxygen atoms in total. The van der Waals surface area contributed by atoms with E-state index >= 15 is 0 Å². The van der Waals surface area contributed by atoms with Crippen molar-refractivity contribution in [1.82, 2.24) is 0 Å². The van der Waals surface area contributed by atoms with Crippen molar-refractivity contribution in [1.29, 1.82) is 0 Å². The van der Waals surface area contributed by atoms with Gasteiger partial charge in [-0.05, 0) is 13.8 Å². The molecule has 0 aromatic carbocycles. The fraction of sp³-hybridized carbons (Fsp3) is 0.667. The molecule has 120 valence electrons. The molecule has 0 bridgehead atoms. The Morgan fingerprint density at radius 1 is 1.40 bits per heavy atom. The normalized spacial score (nSPS) is 15.3. The lowest BCUT2D eigenvalue weighted by Crippen LogP contribution is -2.40. The van der Waals surface area contributed by atoms with Gasteiger partial charge < -0.3 is 25.2 Å². The van der Waals surface area contributed by atoms with Crippen LogP contribution in [-0.4, -0.2) is 60.6 Å². The topological polar surface area (TPSA) is 124 Å².